The van der Waals surface area contributed by atoms with Gasteiger partial charge in [0.05, 0.1) is 23.3 Å². The average Bonchev–Trinajstić information content (AvgIpc) is 2.78. The van der Waals surface area contributed by atoms with Crippen LogP contribution in [-0.2, 0) is 11.4 Å². The number of nitrogens with one attached hydrogen (secondary N) is 2. The molecule has 9 heteroatoms. The van der Waals surface area contributed by atoms with Crippen LogP contribution in [0.5, 0.6) is 11.5 Å². The van der Waals surface area contributed by atoms with E-state index >= 15 is 0 Å². The second-order valence-electron chi connectivity index (χ2n) is 7.16. The summed E-state index contributed by atoms with van der Waals surface area (Å²) in [4.78, 5) is 20.2. The van der Waals surface area contributed by atoms with E-state index in [2.05, 4.69) is 20.6 Å². The van der Waals surface area contributed by atoms with E-state index in [1.165, 1.54) is 32.5 Å². The van der Waals surface area contributed by atoms with E-state index in [1.807, 2.05) is 0 Å². The Morgan fingerprint density at radius 1 is 1.09 bits per heavy atom. The fraction of sp³-hybridized carbons (Fsp3) is 0.125. The molecule has 0 atom stereocenters. The Balaban J connectivity index is 1.57. The number of carbonyl (C=O) groups is 1. The van der Waals surface area contributed by atoms with Gasteiger partial charge in [0.25, 0.3) is 0 Å². The van der Waals surface area contributed by atoms with Gasteiger partial charge in [-0.2, -0.15) is 0 Å². The summed E-state index contributed by atoms with van der Waals surface area (Å²) in [7, 11) is 1.52. The van der Waals surface area contributed by atoms with Gasteiger partial charge in [0.15, 0.2) is 0 Å². The lowest BCUT2D eigenvalue weighted by Gasteiger charge is -2.14. The number of hydrogen-bond donors (Lipinski definition) is 2. The van der Waals surface area contributed by atoms with Crippen LogP contribution in [0.2, 0.25) is 5.02 Å². The van der Waals surface area contributed by atoms with Crippen molar-refractivity contribution in [3.63, 3.8) is 0 Å². The van der Waals surface area contributed by atoms with Crippen molar-refractivity contribution in [3.8, 4) is 11.5 Å². The Kier molecular flexibility index (Phi) is 6.55. The van der Waals surface area contributed by atoms with Crippen LogP contribution in [0.25, 0.3) is 10.9 Å². The maximum absolute atomic E-state index is 13.3. The lowest BCUT2D eigenvalue weighted by atomic mass is 10.2. The molecule has 0 aliphatic carbocycles. The normalized spacial score (nSPS) is 10.7. The molecule has 3 aromatic carbocycles. The third kappa shape index (κ3) is 5.30. The van der Waals surface area contributed by atoms with Gasteiger partial charge in [0, 0.05) is 24.1 Å². The van der Waals surface area contributed by atoms with Crippen LogP contribution >= 0.6 is 11.6 Å². The number of fused-ring (bicyclic) bond motifs is 1. The molecule has 0 saturated heterocycles. The second kappa shape index (κ2) is 9.70. The molecular formula is C24H20ClFN4O3. The standard InChI is InChI=1S/C24H20ClFN4O3/c1-14(31)29-21-10-18-20(11-23(21)32-2)27-13-28-24(18)30-17-6-7-22(19(25)9-17)33-12-15-4-3-5-16(26)8-15/h3-11,13H,12H2,1-2H3,(H,29,31)(H,27,28,30). The molecule has 4 aromatic rings. The number of halogens is 2. The van der Waals surface area contributed by atoms with Crippen molar-refractivity contribution in [2.75, 3.05) is 17.7 Å². The molecule has 0 radical (unpaired) electrons. The minimum Gasteiger partial charge on any atom is -0.494 e. The van der Waals surface area contributed by atoms with Crippen molar-refractivity contribution in [2.45, 2.75) is 13.5 Å². The molecule has 33 heavy (non-hydrogen) atoms. The quantitative estimate of drug-likeness (QED) is 0.363. The molecule has 168 valence electrons. The molecule has 1 aromatic heterocycles. The third-order valence-electron chi connectivity index (χ3n) is 4.75. The fourth-order valence-electron chi connectivity index (χ4n) is 3.26. The van der Waals surface area contributed by atoms with Gasteiger partial charge in [-0.05, 0) is 42.0 Å². The maximum Gasteiger partial charge on any atom is 0.221 e. The highest BCUT2D eigenvalue weighted by Gasteiger charge is 2.12. The summed E-state index contributed by atoms with van der Waals surface area (Å²) in [5.74, 6) is 0.943. The minimum absolute atomic E-state index is 0.189. The zero-order valence-electron chi connectivity index (χ0n) is 17.9. The third-order valence-corrected chi connectivity index (χ3v) is 5.04. The topological polar surface area (TPSA) is 85.4 Å². The first kappa shape index (κ1) is 22.3. The van der Waals surface area contributed by atoms with Gasteiger partial charge in [0.2, 0.25) is 5.91 Å². The molecule has 0 saturated carbocycles. The van der Waals surface area contributed by atoms with Gasteiger partial charge in [-0.3, -0.25) is 4.79 Å². The maximum atomic E-state index is 13.3. The minimum atomic E-state index is -0.321. The molecule has 4 rings (SSSR count). The van der Waals surface area contributed by atoms with Crippen LogP contribution < -0.4 is 20.1 Å². The molecule has 0 spiro atoms. The molecule has 0 unspecified atom stereocenters. The Labute approximate surface area is 194 Å². The predicted molar refractivity (Wildman–Crippen MR) is 126 cm³/mol. The first-order valence-corrected chi connectivity index (χ1v) is 10.3. The van der Waals surface area contributed by atoms with Crippen LogP contribution in [0.3, 0.4) is 0 Å². The summed E-state index contributed by atoms with van der Waals surface area (Å²) >= 11 is 6.40. The van der Waals surface area contributed by atoms with E-state index in [4.69, 9.17) is 21.1 Å². The van der Waals surface area contributed by atoms with Crippen molar-refractivity contribution in [2.24, 2.45) is 0 Å². The van der Waals surface area contributed by atoms with Crippen LogP contribution in [0, 0.1) is 5.82 Å². The number of benzene rings is 3. The zero-order chi connectivity index (χ0) is 23.4. The second-order valence-corrected chi connectivity index (χ2v) is 7.57. The largest absolute Gasteiger partial charge is 0.494 e. The zero-order valence-corrected chi connectivity index (χ0v) is 18.6. The van der Waals surface area contributed by atoms with Gasteiger partial charge in [0.1, 0.15) is 36.1 Å². The highest BCUT2D eigenvalue weighted by Crippen LogP contribution is 2.34. The van der Waals surface area contributed by atoms with Crippen LogP contribution in [-0.4, -0.2) is 23.0 Å². The number of carbonyl (C=O) groups excluding carboxylic acids is 1. The van der Waals surface area contributed by atoms with Gasteiger partial charge in [-0.25, -0.2) is 14.4 Å². The number of ether oxygens (including phenoxy) is 2. The monoisotopic (exact) mass is 466 g/mol. The highest BCUT2D eigenvalue weighted by molar-refractivity contribution is 6.32. The molecule has 1 heterocycles. The number of hydrogen-bond acceptors (Lipinski definition) is 6. The summed E-state index contributed by atoms with van der Waals surface area (Å²) < 4.78 is 24.4. The average molecular weight is 467 g/mol. The van der Waals surface area contributed by atoms with Crippen molar-refractivity contribution in [1.29, 1.82) is 0 Å². The molecule has 2 N–H and O–H groups in total. The molecule has 0 bridgehead atoms. The van der Waals surface area contributed by atoms with Crippen molar-refractivity contribution in [1.82, 2.24) is 9.97 Å². The summed E-state index contributed by atoms with van der Waals surface area (Å²) in [5, 5.41) is 7.04. The first-order valence-electron chi connectivity index (χ1n) is 9.97. The van der Waals surface area contributed by atoms with Crippen molar-refractivity contribution < 1.29 is 18.7 Å². The van der Waals surface area contributed by atoms with Crippen LogP contribution in [0.4, 0.5) is 21.6 Å². The van der Waals surface area contributed by atoms with Gasteiger partial charge >= 0.3 is 0 Å². The lowest BCUT2D eigenvalue weighted by Crippen LogP contribution is -2.07. The molecule has 0 fully saturated rings. The number of nitrogens with zero attached hydrogens (tertiary/aromatic N) is 2. The number of methoxy groups -OCH3 is 1. The Hall–Kier alpha value is -3.91. The summed E-state index contributed by atoms with van der Waals surface area (Å²) in [6, 6.07) is 14.9. The van der Waals surface area contributed by atoms with E-state index < -0.39 is 0 Å². The van der Waals surface area contributed by atoms with Gasteiger partial charge < -0.3 is 20.1 Å². The Morgan fingerprint density at radius 3 is 2.67 bits per heavy atom. The lowest BCUT2D eigenvalue weighted by molar-refractivity contribution is -0.114. The number of aromatic nitrogens is 2. The van der Waals surface area contributed by atoms with Crippen LogP contribution in [0.1, 0.15) is 12.5 Å². The van der Waals surface area contributed by atoms with Gasteiger partial charge in [-0.1, -0.05) is 23.7 Å². The highest BCUT2D eigenvalue weighted by atomic mass is 35.5. The summed E-state index contributed by atoms with van der Waals surface area (Å²) in [6.07, 6.45) is 1.43. The smallest absolute Gasteiger partial charge is 0.221 e. The summed E-state index contributed by atoms with van der Waals surface area (Å²) in [5.41, 5.74) is 2.52. The Morgan fingerprint density at radius 2 is 1.94 bits per heavy atom. The molecular weight excluding hydrogens is 447 g/mol. The number of rotatable bonds is 7. The van der Waals surface area contributed by atoms with E-state index in [-0.39, 0.29) is 18.3 Å². The van der Waals surface area contributed by atoms with E-state index in [9.17, 15) is 9.18 Å². The van der Waals surface area contributed by atoms with E-state index in [0.29, 0.717) is 50.2 Å². The van der Waals surface area contributed by atoms with Crippen LogP contribution in [0.15, 0.2) is 60.9 Å². The molecule has 7 nitrogen and oxygen atoms in total. The first-order chi connectivity index (χ1) is 15.9. The predicted octanol–water partition coefficient (Wildman–Crippen LogP) is 5.71. The summed E-state index contributed by atoms with van der Waals surface area (Å²) in [6.45, 7) is 1.61. The Bertz CT molecular complexity index is 1330. The molecule has 0 aliphatic heterocycles. The number of amides is 1. The number of anilines is 3. The molecule has 1 amide bonds. The van der Waals surface area contributed by atoms with E-state index in [1.54, 1.807) is 42.5 Å². The van der Waals surface area contributed by atoms with Crippen molar-refractivity contribution >= 4 is 45.6 Å². The van der Waals surface area contributed by atoms with E-state index in [0.717, 1.165) is 0 Å². The van der Waals surface area contributed by atoms with Crippen molar-refractivity contribution in [3.05, 3.63) is 77.3 Å². The fourth-order valence-corrected chi connectivity index (χ4v) is 3.50. The molecule has 0 aliphatic rings. The SMILES string of the molecule is COc1cc2ncnc(Nc3ccc(OCc4cccc(F)c4)c(Cl)c3)c2cc1NC(C)=O. The van der Waals surface area contributed by atoms with Gasteiger partial charge in [-0.15, -0.1) is 0 Å².